The molecule has 0 spiro atoms. The largest absolute Gasteiger partial charge is 0.488 e. The summed E-state index contributed by atoms with van der Waals surface area (Å²) in [5.74, 6) is 0.184. The van der Waals surface area contributed by atoms with E-state index in [9.17, 15) is 18.5 Å². The number of nitrogens with zero attached hydrogens (tertiary/aromatic N) is 2. The number of sulfone groups is 1. The van der Waals surface area contributed by atoms with E-state index in [1.807, 2.05) is 33.0 Å². The summed E-state index contributed by atoms with van der Waals surface area (Å²) in [7, 11) is -5.51. The first-order chi connectivity index (χ1) is 16.0. The van der Waals surface area contributed by atoms with Gasteiger partial charge in [-0.25, -0.2) is 18.4 Å². The Morgan fingerprint density at radius 2 is 1.71 bits per heavy atom. The highest BCUT2D eigenvalue weighted by Gasteiger charge is 2.27. The summed E-state index contributed by atoms with van der Waals surface area (Å²) >= 11 is 0. The van der Waals surface area contributed by atoms with Crippen molar-refractivity contribution in [1.29, 1.82) is 0 Å². The number of benzene rings is 2. The van der Waals surface area contributed by atoms with Crippen LogP contribution in [0.4, 0.5) is 0 Å². The molecule has 2 aromatic carbocycles. The molecule has 2 heterocycles. The minimum Gasteiger partial charge on any atom is -0.423 e. The maximum absolute atomic E-state index is 13.7. The second-order valence-corrected chi connectivity index (χ2v) is 10.9. The molecular weight excluding hydrogens is 449 g/mol. The Morgan fingerprint density at radius 1 is 1.03 bits per heavy atom. The monoisotopic (exact) mass is 477 g/mol. The predicted molar refractivity (Wildman–Crippen MR) is 133 cm³/mol. The minimum absolute atomic E-state index is 0.0761. The molecule has 0 aliphatic carbocycles. The summed E-state index contributed by atoms with van der Waals surface area (Å²) in [6.07, 6.45) is 2.07. The van der Waals surface area contributed by atoms with Gasteiger partial charge in [-0.05, 0) is 66.5 Å². The standard InChI is InChI=1S/C25H28BN3O4S/c1-14(2)21-13-27-24-23(21)28-22(12-20-16(4)10-18(26(30)31)11-17(20)5)25(29-24)34(32,33)19-8-6-7-15(3)9-19/h6-11,13-14,30-31H,12H2,1-5H3,(H,27,29). The summed E-state index contributed by atoms with van der Waals surface area (Å²) in [5.41, 5.74) is 6.17. The van der Waals surface area contributed by atoms with Gasteiger partial charge in [-0.2, -0.15) is 0 Å². The summed E-state index contributed by atoms with van der Waals surface area (Å²) < 4.78 is 27.4. The molecule has 176 valence electrons. The summed E-state index contributed by atoms with van der Waals surface area (Å²) in [5, 5.41) is 19.1. The van der Waals surface area contributed by atoms with Crippen molar-refractivity contribution >= 4 is 33.6 Å². The number of nitrogens with one attached hydrogen (secondary N) is 1. The van der Waals surface area contributed by atoms with Crippen LogP contribution in [-0.2, 0) is 16.3 Å². The molecular formula is C25H28BN3O4S. The van der Waals surface area contributed by atoms with Crippen molar-refractivity contribution in [1.82, 2.24) is 15.0 Å². The smallest absolute Gasteiger partial charge is 0.423 e. The number of aryl methyl sites for hydroxylation is 3. The quantitative estimate of drug-likeness (QED) is 0.368. The van der Waals surface area contributed by atoms with Crippen molar-refractivity contribution in [3.05, 3.63) is 76.1 Å². The van der Waals surface area contributed by atoms with E-state index in [1.165, 1.54) is 0 Å². The molecule has 0 atom stereocenters. The molecule has 4 aromatic rings. The number of hydrogen-bond acceptors (Lipinski definition) is 6. The highest BCUT2D eigenvalue weighted by Crippen LogP contribution is 2.30. The van der Waals surface area contributed by atoms with Crippen molar-refractivity contribution in [2.45, 2.75) is 56.9 Å². The zero-order chi connectivity index (χ0) is 24.8. The number of aromatic amines is 1. The number of H-pyrrole nitrogens is 1. The van der Waals surface area contributed by atoms with Gasteiger partial charge in [0.15, 0.2) is 10.7 Å². The van der Waals surface area contributed by atoms with Crippen LogP contribution in [0.2, 0.25) is 0 Å². The van der Waals surface area contributed by atoms with Gasteiger partial charge in [0.25, 0.3) is 0 Å². The second kappa shape index (κ2) is 8.98. The van der Waals surface area contributed by atoms with Crippen molar-refractivity contribution in [2.75, 3.05) is 0 Å². The SMILES string of the molecule is Cc1cccc(S(=O)(=O)c2nc3[nH]cc(C(C)C)c3nc2Cc2c(C)cc(B(O)O)cc2C)c1. The molecule has 34 heavy (non-hydrogen) atoms. The average Bonchev–Trinajstić information content (AvgIpc) is 3.18. The minimum atomic E-state index is -3.94. The van der Waals surface area contributed by atoms with Crippen LogP contribution in [0.1, 0.15) is 53.3 Å². The van der Waals surface area contributed by atoms with Gasteiger partial charge in [0.2, 0.25) is 9.84 Å². The van der Waals surface area contributed by atoms with E-state index < -0.39 is 17.0 Å². The van der Waals surface area contributed by atoms with Gasteiger partial charge in [0.1, 0.15) is 5.52 Å². The fourth-order valence-electron chi connectivity index (χ4n) is 4.26. The fourth-order valence-corrected chi connectivity index (χ4v) is 5.72. The molecule has 0 saturated heterocycles. The first-order valence-corrected chi connectivity index (χ1v) is 12.6. The van der Waals surface area contributed by atoms with Gasteiger partial charge >= 0.3 is 7.12 Å². The predicted octanol–water partition coefficient (Wildman–Crippen LogP) is 3.11. The van der Waals surface area contributed by atoms with E-state index >= 15 is 0 Å². The molecule has 0 saturated carbocycles. The lowest BCUT2D eigenvalue weighted by Gasteiger charge is -2.15. The highest BCUT2D eigenvalue weighted by atomic mass is 32.2. The molecule has 9 heteroatoms. The van der Waals surface area contributed by atoms with E-state index in [4.69, 9.17) is 4.98 Å². The lowest BCUT2D eigenvalue weighted by Crippen LogP contribution is -2.30. The lowest BCUT2D eigenvalue weighted by atomic mass is 9.77. The lowest BCUT2D eigenvalue weighted by molar-refractivity contribution is 0.425. The molecule has 4 rings (SSSR count). The molecule has 0 aliphatic rings. The maximum Gasteiger partial charge on any atom is 0.488 e. The number of hydrogen-bond donors (Lipinski definition) is 3. The Morgan fingerprint density at radius 3 is 2.29 bits per heavy atom. The Bertz CT molecular complexity index is 1470. The first-order valence-electron chi connectivity index (χ1n) is 11.1. The van der Waals surface area contributed by atoms with Crippen LogP contribution < -0.4 is 5.46 Å². The molecule has 0 unspecified atom stereocenters. The molecule has 0 aliphatic heterocycles. The number of aromatic nitrogens is 3. The Hall–Kier alpha value is -3.01. The van der Waals surface area contributed by atoms with Crippen LogP contribution >= 0.6 is 0 Å². The Labute approximate surface area is 200 Å². The first kappa shape index (κ1) is 24.1. The van der Waals surface area contributed by atoms with Gasteiger partial charge in [-0.3, -0.25) is 0 Å². The van der Waals surface area contributed by atoms with Gasteiger partial charge in [0.05, 0.1) is 10.6 Å². The molecule has 0 amide bonds. The molecule has 0 radical (unpaired) electrons. The van der Waals surface area contributed by atoms with Crippen LogP contribution in [0, 0.1) is 20.8 Å². The summed E-state index contributed by atoms with van der Waals surface area (Å²) in [4.78, 5) is 12.7. The maximum atomic E-state index is 13.7. The van der Waals surface area contributed by atoms with Gasteiger partial charge < -0.3 is 15.0 Å². The van der Waals surface area contributed by atoms with E-state index in [2.05, 4.69) is 23.8 Å². The molecule has 3 N–H and O–H groups in total. The average molecular weight is 477 g/mol. The van der Waals surface area contributed by atoms with E-state index in [0.717, 1.165) is 27.8 Å². The van der Waals surface area contributed by atoms with Crippen LogP contribution in [0.5, 0.6) is 0 Å². The van der Waals surface area contributed by atoms with E-state index in [-0.39, 0.29) is 22.3 Å². The summed E-state index contributed by atoms with van der Waals surface area (Å²) in [6, 6.07) is 10.2. The zero-order valence-electron chi connectivity index (χ0n) is 19.9. The van der Waals surface area contributed by atoms with Crippen LogP contribution in [0.3, 0.4) is 0 Å². The van der Waals surface area contributed by atoms with Crippen molar-refractivity contribution in [3.63, 3.8) is 0 Å². The van der Waals surface area contributed by atoms with Crippen LogP contribution in [0.15, 0.2) is 52.5 Å². The third-order valence-corrected chi connectivity index (χ3v) is 7.82. The third-order valence-electron chi connectivity index (χ3n) is 6.11. The second-order valence-electron chi connectivity index (χ2n) is 9.08. The van der Waals surface area contributed by atoms with Gasteiger partial charge in [-0.15, -0.1) is 0 Å². The van der Waals surface area contributed by atoms with Crippen LogP contribution in [-0.4, -0.2) is 40.5 Å². The normalized spacial score (nSPS) is 12.0. The Balaban J connectivity index is 1.95. The van der Waals surface area contributed by atoms with Gasteiger partial charge in [-0.1, -0.05) is 38.1 Å². The molecule has 0 bridgehead atoms. The summed E-state index contributed by atoms with van der Waals surface area (Å²) in [6.45, 7) is 9.68. The topological polar surface area (TPSA) is 116 Å². The zero-order valence-corrected chi connectivity index (χ0v) is 20.7. The molecule has 2 aromatic heterocycles. The van der Waals surface area contributed by atoms with Gasteiger partial charge in [0, 0.05) is 18.2 Å². The van der Waals surface area contributed by atoms with Crippen LogP contribution in [0.25, 0.3) is 11.2 Å². The van der Waals surface area contributed by atoms with Crippen molar-refractivity contribution in [2.24, 2.45) is 0 Å². The Kier molecular flexibility index (Phi) is 6.37. The van der Waals surface area contributed by atoms with Crippen molar-refractivity contribution in [3.8, 4) is 0 Å². The third kappa shape index (κ3) is 4.38. The highest BCUT2D eigenvalue weighted by molar-refractivity contribution is 7.91. The van der Waals surface area contributed by atoms with E-state index in [0.29, 0.717) is 22.3 Å². The van der Waals surface area contributed by atoms with Crippen molar-refractivity contribution < 1.29 is 18.5 Å². The molecule has 7 nitrogen and oxygen atoms in total. The number of rotatable bonds is 6. The fraction of sp³-hybridized carbons (Fsp3) is 0.280. The number of fused-ring (bicyclic) bond motifs is 1. The van der Waals surface area contributed by atoms with E-state index in [1.54, 1.807) is 30.3 Å². The molecule has 0 fully saturated rings.